The van der Waals surface area contributed by atoms with Gasteiger partial charge in [0.2, 0.25) is 10.9 Å². The lowest BCUT2D eigenvalue weighted by Crippen LogP contribution is -1.96. The molecule has 0 aliphatic rings. The van der Waals surface area contributed by atoms with Crippen molar-refractivity contribution in [1.82, 2.24) is 15.0 Å². The lowest BCUT2D eigenvalue weighted by Gasteiger charge is -2.12. The highest BCUT2D eigenvalue weighted by Crippen LogP contribution is 2.38. The number of para-hydroxylation sites is 2. The molecule has 0 saturated carbocycles. The molecule has 4 rings (SSSR count). The van der Waals surface area contributed by atoms with Crippen molar-refractivity contribution in [3.05, 3.63) is 47.3 Å². The number of methoxy groups -OCH3 is 3. The SMILES string of the molecule is COc1cc(/C=N/c2nc(-c3nc4ccccc4[nH]3)cs2)cc(OC)c1OC. The van der Waals surface area contributed by atoms with Crippen LogP contribution in [0.15, 0.2) is 46.8 Å². The molecule has 2 aromatic heterocycles. The van der Waals surface area contributed by atoms with Crippen molar-refractivity contribution in [2.24, 2.45) is 4.99 Å². The van der Waals surface area contributed by atoms with Crippen molar-refractivity contribution in [3.8, 4) is 28.8 Å². The summed E-state index contributed by atoms with van der Waals surface area (Å²) in [5, 5.41) is 2.56. The first kappa shape index (κ1) is 18.0. The number of hydrogen-bond acceptors (Lipinski definition) is 7. The van der Waals surface area contributed by atoms with Crippen molar-refractivity contribution >= 4 is 33.7 Å². The molecule has 8 heteroatoms. The van der Waals surface area contributed by atoms with Gasteiger partial charge in [0.15, 0.2) is 17.3 Å². The topological polar surface area (TPSA) is 81.6 Å². The molecule has 0 fully saturated rings. The Bertz CT molecular complexity index is 1090. The fourth-order valence-corrected chi connectivity index (χ4v) is 3.46. The zero-order valence-electron chi connectivity index (χ0n) is 15.6. The maximum Gasteiger partial charge on any atom is 0.209 e. The van der Waals surface area contributed by atoms with Gasteiger partial charge >= 0.3 is 0 Å². The van der Waals surface area contributed by atoms with Crippen molar-refractivity contribution in [2.75, 3.05) is 21.3 Å². The monoisotopic (exact) mass is 394 g/mol. The van der Waals surface area contributed by atoms with Crippen LogP contribution in [0.25, 0.3) is 22.6 Å². The molecule has 0 unspecified atom stereocenters. The molecular formula is C20H18N4O3S. The predicted octanol–water partition coefficient (Wildman–Crippen LogP) is 4.46. The minimum atomic E-state index is 0.545. The van der Waals surface area contributed by atoms with Crippen LogP contribution >= 0.6 is 11.3 Å². The van der Waals surface area contributed by atoms with Crippen LogP contribution < -0.4 is 14.2 Å². The van der Waals surface area contributed by atoms with E-state index in [0.29, 0.717) is 22.4 Å². The molecule has 2 aromatic carbocycles. The van der Waals surface area contributed by atoms with E-state index in [1.165, 1.54) is 11.3 Å². The van der Waals surface area contributed by atoms with Gasteiger partial charge < -0.3 is 19.2 Å². The van der Waals surface area contributed by atoms with Crippen molar-refractivity contribution in [1.29, 1.82) is 0 Å². The zero-order chi connectivity index (χ0) is 19.5. The molecule has 0 aliphatic carbocycles. The van der Waals surface area contributed by atoms with Gasteiger partial charge in [-0.05, 0) is 24.3 Å². The minimum Gasteiger partial charge on any atom is -0.493 e. The predicted molar refractivity (Wildman–Crippen MR) is 111 cm³/mol. The number of aliphatic imine (C=N–C) groups is 1. The number of aromatic amines is 1. The quantitative estimate of drug-likeness (QED) is 0.488. The van der Waals surface area contributed by atoms with Gasteiger partial charge in [-0.25, -0.2) is 15.0 Å². The Hall–Kier alpha value is -3.39. The van der Waals surface area contributed by atoms with Gasteiger partial charge in [-0.2, -0.15) is 0 Å². The van der Waals surface area contributed by atoms with E-state index >= 15 is 0 Å². The van der Waals surface area contributed by atoms with Crippen molar-refractivity contribution < 1.29 is 14.2 Å². The Kier molecular flexibility index (Phi) is 4.94. The van der Waals surface area contributed by atoms with Crippen LogP contribution in [-0.4, -0.2) is 42.5 Å². The van der Waals surface area contributed by atoms with Crippen LogP contribution in [0.1, 0.15) is 5.56 Å². The van der Waals surface area contributed by atoms with Crippen LogP contribution in [0.2, 0.25) is 0 Å². The third kappa shape index (κ3) is 3.41. The number of nitrogens with one attached hydrogen (secondary N) is 1. The van der Waals surface area contributed by atoms with Gasteiger partial charge in [0, 0.05) is 17.2 Å². The third-order valence-electron chi connectivity index (χ3n) is 4.14. The summed E-state index contributed by atoms with van der Waals surface area (Å²) in [7, 11) is 4.74. The number of ether oxygens (including phenoxy) is 3. The van der Waals surface area contributed by atoms with Crippen LogP contribution in [-0.2, 0) is 0 Å². The molecule has 7 nitrogen and oxygen atoms in total. The average Bonchev–Trinajstić information content (AvgIpc) is 3.37. The second kappa shape index (κ2) is 7.69. The molecule has 0 saturated heterocycles. The van der Waals surface area contributed by atoms with E-state index in [9.17, 15) is 0 Å². The summed E-state index contributed by atoms with van der Waals surface area (Å²) in [5.74, 6) is 2.42. The summed E-state index contributed by atoms with van der Waals surface area (Å²) < 4.78 is 16.1. The maximum atomic E-state index is 5.37. The molecule has 28 heavy (non-hydrogen) atoms. The highest BCUT2D eigenvalue weighted by Gasteiger charge is 2.13. The Morgan fingerprint density at radius 2 is 1.75 bits per heavy atom. The largest absolute Gasteiger partial charge is 0.493 e. The second-order valence-electron chi connectivity index (χ2n) is 5.83. The molecule has 4 aromatic rings. The van der Waals surface area contributed by atoms with E-state index in [0.717, 1.165) is 28.1 Å². The number of imidazole rings is 1. The number of rotatable bonds is 6. The molecule has 0 radical (unpaired) electrons. The Balaban J connectivity index is 1.61. The van der Waals surface area contributed by atoms with Gasteiger partial charge in [-0.3, -0.25) is 0 Å². The van der Waals surface area contributed by atoms with Crippen LogP contribution in [0.4, 0.5) is 5.13 Å². The van der Waals surface area contributed by atoms with Gasteiger partial charge in [0.25, 0.3) is 0 Å². The standard InChI is InChI=1S/C20H18N4O3S/c1-25-16-8-12(9-17(26-2)18(16)27-3)10-21-20-24-15(11-28-20)19-22-13-6-4-5-7-14(13)23-19/h4-11H,1-3H3,(H,22,23)/b21-10+. The van der Waals surface area contributed by atoms with E-state index in [4.69, 9.17) is 14.2 Å². The van der Waals surface area contributed by atoms with Crippen LogP contribution in [0.5, 0.6) is 17.2 Å². The normalized spacial score (nSPS) is 11.2. The molecular weight excluding hydrogens is 376 g/mol. The van der Waals surface area contributed by atoms with E-state index in [2.05, 4.69) is 19.9 Å². The summed E-state index contributed by atoms with van der Waals surface area (Å²) in [6.07, 6.45) is 1.71. The number of nitrogens with zero attached hydrogens (tertiary/aromatic N) is 3. The van der Waals surface area contributed by atoms with Crippen LogP contribution in [0, 0.1) is 0 Å². The van der Waals surface area contributed by atoms with Gasteiger partial charge in [0.05, 0.1) is 32.4 Å². The summed E-state index contributed by atoms with van der Waals surface area (Å²) in [5.41, 5.74) is 3.47. The highest BCUT2D eigenvalue weighted by molar-refractivity contribution is 7.13. The Morgan fingerprint density at radius 1 is 1.00 bits per heavy atom. The fraction of sp³-hybridized carbons (Fsp3) is 0.150. The number of benzene rings is 2. The number of hydrogen-bond donors (Lipinski definition) is 1. The maximum absolute atomic E-state index is 5.37. The molecule has 0 aliphatic heterocycles. The van der Waals surface area contributed by atoms with E-state index in [1.54, 1.807) is 27.5 Å². The summed E-state index contributed by atoms with van der Waals surface area (Å²) in [4.78, 5) is 16.9. The first-order valence-electron chi connectivity index (χ1n) is 8.46. The second-order valence-corrected chi connectivity index (χ2v) is 6.67. The molecule has 1 N–H and O–H groups in total. The first-order chi connectivity index (χ1) is 13.7. The summed E-state index contributed by atoms with van der Waals surface area (Å²) >= 11 is 1.44. The number of aromatic nitrogens is 3. The highest BCUT2D eigenvalue weighted by atomic mass is 32.1. The molecule has 2 heterocycles. The van der Waals surface area contributed by atoms with Gasteiger partial charge in [0.1, 0.15) is 5.69 Å². The Labute approximate surface area is 165 Å². The number of thiazole rings is 1. The number of H-pyrrole nitrogens is 1. The smallest absolute Gasteiger partial charge is 0.209 e. The molecule has 0 atom stereocenters. The van der Waals surface area contributed by atoms with Crippen molar-refractivity contribution in [3.63, 3.8) is 0 Å². The van der Waals surface area contributed by atoms with E-state index < -0.39 is 0 Å². The van der Waals surface area contributed by atoms with Crippen molar-refractivity contribution in [2.45, 2.75) is 0 Å². The van der Waals surface area contributed by atoms with Gasteiger partial charge in [-0.15, -0.1) is 11.3 Å². The fourth-order valence-electron chi connectivity index (χ4n) is 2.81. The third-order valence-corrected chi connectivity index (χ3v) is 4.88. The van der Waals surface area contributed by atoms with E-state index in [-0.39, 0.29) is 0 Å². The minimum absolute atomic E-state index is 0.545. The molecule has 0 bridgehead atoms. The van der Waals surface area contributed by atoms with E-state index in [1.807, 2.05) is 41.8 Å². The average molecular weight is 394 g/mol. The first-order valence-corrected chi connectivity index (χ1v) is 9.34. The van der Waals surface area contributed by atoms with Crippen LogP contribution in [0.3, 0.4) is 0 Å². The van der Waals surface area contributed by atoms with Gasteiger partial charge in [-0.1, -0.05) is 12.1 Å². The lowest BCUT2D eigenvalue weighted by molar-refractivity contribution is 0.324. The zero-order valence-corrected chi connectivity index (χ0v) is 16.4. The molecule has 0 amide bonds. The lowest BCUT2D eigenvalue weighted by atomic mass is 10.2. The summed E-state index contributed by atoms with van der Waals surface area (Å²) in [6.45, 7) is 0. The summed E-state index contributed by atoms with van der Waals surface area (Å²) in [6, 6.07) is 11.5. The molecule has 0 spiro atoms. The molecule has 142 valence electrons. The Morgan fingerprint density at radius 3 is 2.43 bits per heavy atom. The number of fused-ring (bicyclic) bond motifs is 1.